The summed E-state index contributed by atoms with van der Waals surface area (Å²) in [5, 5.41) is 22.2. The van der Waals surface area contributed by atoms with Crippen LogP contribution in [0.2, 0.25) is 0 Å². The van der Waals surface area contributed by atoms with Gasteiger partial charge in [-0.05, 0) is 45.8 Å². The van der Waals surface area contributed by atoms with Crippen LogP contribution < -0.4 is 0 Å². The van der Waals surface area contributed by atoms with E-state index in [0.29, 0.717) is 6.07 Å². The third kappa shape index (κ3) is 4.22. The van der Waals surface area contributed by atoms with E-state index in [0.717, 1.165) is 18.2 Å². The Kier molecular flexibility index (Phi) is 5.68. The van der Waals surface area contributed by atoms with E-state index in [1.54, 1.807) is 0 Å². The predicted molar refractivity (Wildman–Crippen MR) is 133 cm³/mol. The lowest BCUT2D eigenvalue weighted by atomic mass is 9.81. The first-order valence-corrected chi connectivity index (χ1v) is 14.7. The molecule has 0 aromatic heterocycles. The first-order valence-electron chi connectivity index (χ1n) is 10.3. The molecule has 1 atom stereocenters. The quantitative estimate of drug-likeness (QED) is 0.254. The van der Waals surface area contributed by atoms with Crippen LogP contribution in [0, 0.1) is 0 Å². The van der Waals surface area contributed by atoms with Gasteiger partial charge in [0.1, 0.15) is 10.6 Å². The van der Waals surface area contributed by atoms with Gasteiger partial charge in [-0.3, -0.25) is 13.7 Å². The molecule has 5 rings (SSSR count). The fraction of sp³-hybridized carbons (Fsp3) is 0.0455. The molecule has 1 aliphatic heterocycles. The Morgan fingerprint density at radius 3 is 1.97 bits per heavy atom. The molecule has 1 heterocycles. The van der Waals surface area contributed by atoms with Gasteiger partial charge in [-0.15, -0.1) is 10.2 Å². The number of phenols is 1. The molecule has 16 heteroatoms. The molecule has 0 aliphatic carbocycles. The van der Waals surface area contributed by atoms with Gasteiger partial charge in [-0.2, -0.15) is 25.3 Å². The van der Waals surface area contributed by atoms with Gasteiger partial charge in [0.25, 0.3) is 30.4 Å². The number of hydrogen-bond donors (Lipinski definition) is 4. The van der Waals surface area contributed by atoms with Crippen LogP contribution in [0.5, 0.6) is 5.75 Å². The second kappa shape index (κ2) is 8.35. The number of aromatic hydroxyl groups is 1. The van der Waals surface area contributed by atoms with Crippen LogP contribution in [0.4, 0.5) is 0 Å². The fourth-order valence-electron chi connectivity index (χ4n) is 4.38. The third-order valence-corrected chi connectivity index (χ3v) is 8.58. The second-order valence-corrected chi connectivity index (χ2v) is 12.6. The minimum absolute atomic E-state index is 0.00668. The molecular formula is C22H15N3O10S3. The van der Waals surface area contributed by atoms with Crippen molar-refractivity contribution in [3.63, 3.8) is 0 Å². The Labute approximate surface area is 215 Å². The normalized spacial score (nSPS) is 18.0. The molecule has 38 heavy (non-hydrogen) atoms. The number of fused-ring (bicyclic) bond motifs is 2. The molecule has 0 bridgehead atoms. The van der Waals surface area contributed by atoms with Crippen LogP contribution >= 0.6 is 0 Å². The van der Waals surface area contributed by atoms with Gasteiger partial charge in [0.05, 0.1) is 16.0 Å². The maximum atomic E-state index is 12.4. The molecule has 0 saturated heterocycles. The number of nitrogens with zero attached hydrogens (tertiary/aromatic N) is 3. The van der Waals surface area contributed by atoms with Crippen LogP contribution in [0.1, 0.15) is 11.1 Å². The highest BCUT2D eigenvalue weighted by atomic mass is 32.2. The number of benzene rings is 4. The van der Waals surface area contributed by atoms with E-state index in [1.807, 2.05) is 0 Å². The first-order chi connectivity index (χ1) is 17.6. The summed E-state index contributed by atoms with van der Waals surface area (Å²) in [6.07, 6.45) is 1.25. The third-order valence-electron chi connectivity index (χ3n) is 6.04. The molecule has 0 saturated carbocycles. The van der Waals surface area contributed by atoms with Crippen LogP contribution in [0.3, 0.4) is 0 Å². The lowest BCUT2D eigenvalue weighted by Crippen LogP contribution is -2.26. The highest BCUT2D eigenvalue weighted by molar-refractivity contribution is 7.87. The maximum absolute atomic E-state index is 12.4. The number of rotatable bonds is 5. The van der Waals surface area contributed by atoms with Crippen LogP contribution in [0.15, 0.2) is 90.8 Å². The molecule has 1 unspecified atom stereocenters. The van der Waals surface area contributed by atoms with Gasteiger partial charge in [-0.1, -0.05) is 30.3 Å². The van der Waals surface area contributed by atoms with E-state index < -0.39 is 56.3 Å². The summed E-state index contributed by atoms with van der Waals surface area (Å²) in [6.45, 7) is 0. The molecule has 1 aliphatic rings. The van der Waals surface area contributed by atoms with E-state index in [4.69, 9.17) is 0 Å². The largest absolute Gasteiger partial charge is 0.507 e. The van der Waals surface area contributed by atoms with E-state index >= 15 is 0 Å². The van der Waals surface area contributed by atoms with Gasteiger partial charge in [0.2, 0.25) is 0 Å². The molecular weight excluding hydrogens is 562 g/mol. The van der Waals surface area contributed by atoms with Crippen molar-refractivity contribution in [1.82, 2.24) is 0 Å². The minimum Gasteiger partial charge on any atom is -0.507 e. The average Bonchev–Trinajstić information content (AvgIpc) is 3.32. The lowest BCUT2D eigenvalue weighted by molar-refractivity contribution is 0.470. The van der Waals surface area contributed by atoms with Gasteiger partial charge < -0.3 is 5.11 Å². The van der Waals surface area contributed by atoms with Crippen LogP contribution in [0.25, 0.3) is 21.5 Å². The van der Waals surface area contributed by atoms with Crippen molar-refractivity contribution in [2.75, 3.05) is 0 Å². The maximum Gasteiger partial charge on any atom is 0.295 e. The topological polar surface area (TPSA) is 220 Å². The SMILES string of the molecule is O=S(=O)(O)c1cc(O)c2ccc(C3(c4cccc5cc(S(=O)(=O)O)cc(S(=O)(=O)O)c45)C=NN=N3)cc2c1. The van der Waals surface area contributed by atoms with Crippen molar-refractivity contribution in [2.24, 2.45) is 15.4 Å². The summed E-state index contributed by atoms with van der Waals surface area (Å²) in [7, 11) is -14.6. The fourth-order valence-corrected chi connectivity index (χ4v) is 6.30. The van der Waals surface area contributed by atoms with Gasteiger partial charge >= 0.3 is 0 Å². The Balaban J connectivity index is 1.88. The molecule has 4 aromatic carbocycles. The van der Waals surface area contributed by atoms with E-state index in [-0.39, 0.29) is 32.7 Å². The van der Waals surface area contributed by atoms with Crippen molar-refractivity contribution in [2.45, 2.75) is 20.2 Å². The standard InChI is InChI=1S/C22H15N3O10S3/c26-19-9-15(36(27,28)29)8-13-6-14(4-5-17(13)19)22(11-23-25-24-22)18-3-1-2-12-7-16(37(30,31)32)10-20(21(12)18)38(33,34)35/h1-11,26H,(H,27,28,29)(H,30,31,32)(H,33,34,35). The molecule has 0 fully saturated rings. The zero-order chi connectivity index (χ0) is 27.7. The first kappa shape index (κ1) is 25.8. The van der Waals surface area contributed by atoms with Crippen molar-refractivity contribution < 1.29 is 44.0 Å². The molecule has 0 spiro atoms. The zero-order valence-corrected chi connectivity index (χ0v) is 21.1. The van der Waals surface area contributed by atoms with E-state index in [1.165, 1.54) is 42.6 Å². The summed E-state index contributed by atoms with van der Waals surface area (Å²) in [5.41, 5.74) is -1.31. The van der Waals surface area contributed by atoms with Crippen molar-refractivity contribution in [1.29, 1.82) is 0 Å². The molecule has 196 valence electrons. The number of phenolic OH excluding ortho intramolecular Hbond substituents is 1. The Hall–Kier alpha value is -3.80. The molecule has 4 aromatic rings. The Morgan fingerprint density at radius 1 is 0.711 bits per heavy atom. The molecule has 0 radical (unpaired) electrons. The summed E-state index contributed by atoms with van der Waals surface area (Å²) >= 11 is 0. The molecule has 4 N–H and O–H groups in total. The van der Waals surface area contributed by atoms with Crippen molar-refractivity contribution >= 4 is 58.1 Å². The Morgan fingerprint density at radius 2 is 1.37 bits per heavy atom. The predicted octanol–water partition coefficient (Wildman–Crippen LogP) is 3.13. The van der Waals surface area contributed by atoms with E-state index in [9.17, 15) is 44.0 Å². The van der Waals surface area contributed by atoms with Gasteiger partial charge in [0, 0.05) is 22.4 Å². The van der Waals surface area contributed by atoms with Crippen LogP contribution in [-0.2, 0) is 35.9 Å². The second-order valence-electron chi connectivity index (χ2n) is 8.33. The summed E-state index contributed by atoms with van der Waals surface area (Å²) in [4.78, 5) is -2.18. The Bertz CT molecular complexity index is 2060. The molecule has 0 amide bonds. The minimum atomic E-state index is -5.06. The number of hydrogen-bond acceptors (Lipinski definition) is 10. The lowest BCUT2D eigenvalue weighted by Gasteiger charge is -2.25. The highest BCUT2D eigenvalue weighted by Gasteiger charge is 2.39. The summed E-state index contributed by atoms with van der Waals surface area (Å²) in [6, 6.07) is 12.2. The summed E-state index contributed by atoms with van der Waals surface area (Å²) in [5.74, 6) is -0.436. The average molecular weight is 578 g/mol. The van der Waals surface area contributed by atoms with Crippen LogP contribution in [-0.4, -0.2) is 50.2 Å². The highest BCUT2D eigenvalue weighted by Crippen LogP contribution is 2.43. The van der Waals surface area contributed by atoms with Crippen molar-refractivity contribution in [3.8, 4) is 5.75 Å². The van der Waals surface area contributed by atoms with E-state index in [2.05, 4.69) is 15.4 Å². The van der Waals surface area contributed by atoms with Gasteiger partial charge in [0.15, 0.2) is 5.54 Å². The smallest absolute Gasteiger partial charge is 0.295 e. The molecule has 13 nitrogen and oxygen atoms in total. The monoisotopic (exact) mass is 577 g/mol. The van der Waals surface area contributed by atoms with Gasteiger partial charge in [-0.25, -0.2) is 0 Å². The zero-order valence-electron chi connectivity index (χ0n) is 18.7. The summed E-state index contributed by atoms with van der Waals surface area (Å²) < 4.78 is 101. The van der Waals surface area contributed by atoms with Crippen molar-refractivity contribution in [3.05, 3.63) is 71.8 Å².